The van der Waals surface area contributed by atoms with Gasteiger partial charge in [0, 0.05) is 25.1 Å². The van der Waals surface area contributed by atoms with E-state index in [0.717, 1.165) is 17.0 Å². The molecule has 2 N–H and O–H groups in total. The van der Waals surface area contributed by atoms with Crippen LogP contribution in [0.25, 0.3) is 10.9 Å². The van der Waals surface area contributed by atoms with Crippen molar-refractivity contribution < 1.29 is 22.7 Å². The fourth-order valence-corrected chi connectivity index (χ4v) is 3.56. The summed E-state index contributed by atoms with van der Waals surface area (Å²) in [6.07, 6.45) is 1.90. The molecule has 6 nitrogen and oxygen atoms in total. The highest BCUT2D eigenvalue weighted by Crippen LogP contribution is 2.22. The summed E-state index contributed by atoms with van der Waals surface area (Å²) in [5.41, 5.74) is 4.80. The first-order chi connectivity index (χ1) is 15.9. The predicted octanol–water partition coefficient (Wildman–Crippen LogP) is 4.49. The van der Waals surface area contributed by atoms with Crippen LogP contribution in [-0.4, -0.2) is 36.1 Å². The summed E-state index contributed by atoms with van der Waals surface area (Å²) in [6.45, 7) is 0.685. The number of hydrogen-bond donors (Lipinski definition) is 2. The molecule has 0 fully saturated rings. The van der Waals surface area contributed by atoms with Gasteiger partial charge >= 0.3 is 0 Å². The van der Waals surface area contributed by atoms with Crippen LogP contribution >= 0.6 is 0 Å². The van der Waals surface area contributed by atoms with Gasteiger partial charge in [-0.2, -0.15) is 9.89 Å². The highest BCUT2D eigenvalue weighted by molar-refractivity contribution is 6.05. The van der Waals surface area contributed by atoms with Gasteiger partial charge in [0.15, 0.2) is 0 Å². The monoisotopic (exact) mass is 454 g/mol. The fourth-order valence-electron chi connectivity index (χ4n) is 3.56. The van der Waals surface area contributed by atoms with E-state index >= 15 is 0 Å². The number of ether oxygens (including phenoxy) is 1. The number of fused-ring (bicyclic) bond motifs is 1. The van der Waals surface area contributed by atoms with Crippen LogP contribution < -0.4 is 10.7 Å². The molecule has 0 saturated carbocycles. The number of nitrogens with one attached hydrogen (secondary N) is 2. The summed E-state index contributed by atoms with van der Waals surface area (Å²) >= 11 is 0. The molecule has 0 aliphatic heterocycles. The van der Waals surface area contributed by atoms with Crippen LogP contribution in [0.15, 0.2) is 60.8 Å². The molecular formula is C24H21F3N4O2. The van der Waals surface area contributed by atoms with Crippen molar-refractivity contribution in [2.24, 2.45) is 0 Å². The van der Waals surface area contributed by atoms with Crippen LogP contribution in [0.3, 0.4) is 0 Å². The van der Waals surface area contributed by atoms with E-state index in [0.29, 0.717) is 30.7 Å². The first-order valence-electron chi connectivity index (χ1n) is 10.2. The molecule has 1 amide bonds. The number of methoxy groups -OCH3 is 1. The molecule has 1 heterocycles. The van der Waals surface area contributed by atoms with Gasteiger partial charge in [-0.1, -0.05) is 12.1 Å². The summed E-state index contributed by atoms with van der Waals surface area (Å²) in [5.74, 6) is -2.36. The van der Waals surface area contributed by atoms with E-state index < -0.39 is 23.4 Å². The molecule has 4 aromatic rings. The Morgan fingerprint density at radius 3 is 2.58 bits per heavy atom. The average Bonchev–Trinajstić information content (AvgIpc) is 3.16. The molecule has 0 unspecified atom stereocenters. The lowest BCUT2D eigenvalue weighted by Gasteiger charge is -2.13. The second-order valence-electron chi connectivity index (χ2n) is 7.43. The number of nitrogens with zero attached hydrogens (tertiary/aromatic N) is 2. The van der Waals surface area contributed by atoms with Gasteiger partial charge in [0.25, 0.3) is 5.91 Å². The van der Waals surface area contributed by atoms with Crippen LogP contribution in [0.4, 0.5) is 18.9 Å². The number of benzene rings is 3. The molecule has 0 aliphatic carbocycles. The highest BCUT2D eigenvalue weighted by atomic mass is 19.1. The molecule has 0 atom stereocenters. The van der Waals surface area contributed by atoms with Gasteiger partial charge in [0.05, 0.1) is 29.6 Å². The fraction of sp³-hybridized carbons (Fsp3) is 0.167. The Morgan fingerprint density at radius 1 is 1.03 bits per heavy atom. The van der Waals surface area contributed by atoms with Crippen LogP contribution in [0.1, 0.15) is 21.5 Å². The van der Waals surface area contributed by atoms with E-state index in [9.17, 15) is 18.0 Å². The molecule has 3 aromatic carbocycles. The number of para-hydroxylation sites is 1. The highest BCUT2D eigenvalue weighted by Gasteiger charge is 2.16. The van der Waals surface area contributed by atoms with Crippen molar-refractivity contribution in [2.45, 2.75) is 6.42 Å². The summed E-state index contributed by atoms with van der Waals surface area (Å²) in [6, 6.07) is 13.0. The summed E-state index contributed by atoms with van der Waals surface area (Å²) in [4.78, 5) is 14.2. The largest absolute Gasteiger partial charge is 0.383 e. The Labute approximate surface area is 188 Å². The maximum absolute atomic E-state index is 14.3. The lowest BCUT2D eigenvalue weighted by Crippen LogP contribution is -2.25. The Kier molecular flexibility index (Phi) is 6.60. The van der Waals surface area contributed by atoms with Crippen molar-refractivity contribution >= 4 is 22.5 Å². The van der Waals surface area contributed by atoms with Crippen molar-refractivity contribution in [3.8, 4) is 0 Å². The number of rotatable bonds is 8. The van der Waals surface area contributed by atoms with Gasteiger partial charge in [-0.3, -0.25) is 4.79 Å². The number of halogens is 3. The molecule has 0 radical (unpaired) electrons. The smallest absolute Gasteiger partial charge is 0.273 e. The molecule has 0 bridgehead atoms. The molecule has 0 saturated heterocycles. The topological polar surface area (TPSA) is 68.2 Å². The first kappa shape index (κ1) is 22.3. The van der Waals surface area contributed by atoms with Crippen LogP contribution in [0.2, 0.25) is 0 Å². The molecule has 33 heavy (non-hydrogen) atoms. The number of anilines is 1. The van der Waals surface area contributed by atoms with Gasteiger partial charge in [0.2, 0.25) is 0 Å². The summed E-state index contributed by atoms with van der Waals surface area (Å²) in [5, 5.41) is 7.79. The number of carbonyl (C=O) groups excluding carboxylic acids is 1. The summed E-state index contributed by atoms with van der Waals surface area (Å²) in [7, 11) is 1.53. The number of hydrogen-bond acceptors (Lipinski definition) is 4. The minimum Gasteiger partial charge on any atom is -0.383 e. The third-order valence-electron chi connectivity index (χ3n) is 5.04. The Balaban J connectivity index is 1.54. The van der Waals surface area contributed by atoms with Crippen molar-refractivity contribution in [1.29, 1.82) is 0 Å². The third kappa shape index (κ3) is 5.15. The van der Waals surface area contributed by atoms with E-state index in [2.05, 4.69) is 15.8 Å². The average molecular weight is 454 g/mol. The van der Waals surface area contributed by atoms with Gasteiger partial charge in [-0.15, -0.1) is 0 Å². The van der Waals surface area contributed by atoms with E-state index in [1.165, 1.54) is 42.2 Å². The zero-order valence-electron chi connectivity index (χ0n) is 17.7. The van der Waals surface area contributed by atoms with Crippen molar-refractivity contribution in [3.05, 3.63) is 94.9 Å². The zero-order chi connectivity index (χ0) is 23.4. The molecule has 170 valence electrons. The lowest BCUT2D eigenvalue weighted by atomic mass is 10.0. The first-order valence-corrected chi connectivity index (χ1v) is 10.2. The normalized spacial score (nSPS) is 11.0. The minimum absolute atomic E-state index is 0.0770. The maximum Gasteiger partial charge on any atom is 0.273 e. The van der Waals surface area contributed by atoms with E-state index in [1.54, 1.807) is 18.3 Å². The van der Waals surface area contributed by atoms with Crippen molar-refractivity contribution in [3.63, 3.8) is 0 Å². The van der Waals surface area contributed by atoms with Crippen molar-refractivity contribution in [2.75, 3.05) is 31.0 Å². The van der Waals surface area contributed by atoms with Gasteiger partial charge < -0.3 is 10.1 Å². The Bertz CT molecular complexity index is 1290. The standard InChI is InChI=1S/C24H21F3N4O2/c1-33-8-7-28-23-20(3-2-4-21(23)27)24(32)30-31-22-6-5-15(10-17(22)14-29-31)9-16-11-18(25)13-19(26)12-16/h2-6,10-14,28H,7-9H2,1H3,(H,30,32). The second kappa shape index (κ2) is 9.74. The second-order valence-corrected chi connectivity index (χ2v) is 7.43. The van der Waals surface area contributed by atoms with E-state index in [-0.39, 0.29) is 11.3 Å². The Morgan fingerprint density at radius 2 is 1.82 bits per heavy atom. The molecular weight excluding hydrogens is 433 g/mol. The Hall–Kier alpha value is -3.85. The number of carbonyl (C=O) groups is 1. The minimum atomic E-state index is -0.630. The quantitative estimate of drug-likeness (QED) is 0.385. The maximum atomic E-state index is 14.3. The van der Waals surface area contributed by atoms with E-state index in [4.69, 9.17) is 4.74 Å². The van der Waals surface area contributed by atoms with Crippen LogP contribution in [-0.2, 0) is 11.2 Å². The zero-order valence-corrected chi connectivity index (χ0v) is 17.7. The molecule has 4 rings (SSSR count). The predicted molar refractivity (Wildman–Crippen MR) is 119 cm³/mol. The number of aromatic nitrogens is 2. The SMILES string of the molecule is COCCNc1c(F)cccc1C(=O)Nn1ncc2cc(Cc3cc(F)cc(F)c3)ccc21. The lowest BCUT2D eigenvalue weighted by molar-refractivity contribution is 0.101. The third-order valence-corrected chi connectivity index (χ3v) is 5.04. The van der Waals surface area contributed by atoms with Crippen LogP contribution in [0.5, 0.6) is 0 Å². The van der Waals surface area contributed by atoms with Gasteiger partial charge in [0.1, 0.15) is 17.5 Å². The van der Waals surface area contributed by atoms with Crippen molar-refractivity contribution in [1.82, 2.24) is 9.89 Å². The van der Waals surface area contributed by atoms with E-state index in [1.807, 2.05) is 6.07 Å². The molecule has 9 heteroatoms. The molecule has 0 aliphatic rings. The molecule has 1 aromatic heterocycles. The number of amides is 1. The molecule has 0 spiro atoms. The van der Waals surface area contributed by atoms with Crippen LogP contribution in [0, 0.1) is 17.5 Å². The summed E-state index contributed by atoms with van der Waals surface area (Å²) < 4.78 is 46.2. The van der Waals surface area contributed by atoms with Gasteiger partial charge in [-0.25, -0.2) is 18.6 Å². The van der Waals surface area contributed by atoms with Gasteiger partial charge in [-0.05, 0) is 53.9 Å².